The zero-order valence-electron chi connectivity index (χ0n) is 6.67. The molecule has 0 spiro atoms. The van der Waals surface area contributed by atoms with E-state index < -0.39 is 0 Å². The zero-order valence-corrected chi connectivity index (χ0v) is 6.67. The molecule has 0 saturated heterocycles. The lowest BCUT2D eigenvalue weighted by atomic mass is 10.5. The molecule has 0 aliphatic carbocycles. The van der Waals surface area contributed by atoms with Gasteiger partial charge >= 0.3 is 0 Å². The highest BCUT2D eigenvalue weighted by Gasteiger charge is 1.83. The van der Waals surface area contributed by atoms with Crippen molar-refractivity contribution < 1.29 is 0 Å². The molecule has 0 saturated carbocycles. The first kappa shape index (κ1) is 9.55. The van der Waals surface area contributed by atoms with E-state index in [2.05, 4.69) is 16.9 Å². The first-order valence-corrected chi connectivity index (χ1v) is 3.35. The molecule has 0 bridgehead atoms. The van der Waals surface area contributed by atoms with Crippen LogP contribution in [-0.4, -0.2) is 12.8 Å². The minimum Gasteiger partial charge on any atom is -0.403 e. The van der Waals surface area contributed by atoms with Gasteiger partial charge in [0.2, 0.25) is 0 Å². The Morgan fingerprint density at radius 2 is 2.36 bits per heavy atom. The zero-order chi connectivity index (χ0) is 8.69. The van der Waals surface area contributed by atoms with Gasteiger partial charge in [0, 0.05) is 12.7 Å². The van der Waals surface area contributed by atoms with Crippen LogP contribution in [-0.2, 0) is 0 Å². The van der Waals surface area contributed by atoms with Crippen LogP contribution in [0.25, 0.3) is 0 Å². The molecule has 0 aliphatic rings. The van der Waals surface area contributed by atoms with Crippen molar-refractivity contribution in [3.63, 3.8) is 0 Å². The van der Waals surface area contributed by atoms with E-state index in [0.717, 1.165) is 6.54 Å². The van der Waals surface area contributed by atoms with Gasteiger partial charge in [-0.1, -0.05) is 6.58 Å². The second kappa shape index (κ2) is 5.34. The van der Waals surface area contributed by atoms with Gasteiger partial charge in [0.05, 0.1) is 11.9 Å². The standard InChI is InChI=1S/C7H14N4/c1-3-10-6(2)11-5-7(9)4-8/h4-5,10H,2-3,8-9H2,1H3/b7-4+,11-5-. The van der Waals surface area contributed by atoms with Gasteiger partial charge in [-0.05, 0) is 6.92 Å². The molecule has 5 N–H and O–H groups in total. The van der Waals surface area contributed by atoms with Crippen molar-refractivity contribution in [1.82, 2.24) is 5.32 Å². The molecular weight excluding hydrogens is 140 g/mol. The van der Waals surface area contributed by atoms with E-state index in [1.54, 1.807) is 0 Å². The number of nitrogens with zero attached hydrogens (tertiary/aromatic N) is 1. The van der Waals surface area contributed by atoms with Crippen molar-refractivity contribution in [1.29, 1.82) is 0 Å². The maximum Gasteiger partial charge on any atom is 0.118 e. The van der Waals surface area contributed by atoms with E-state index in [-0.39, 0.29) is 0 Å². The van der Waals surface area contributed by atoms with Crippen molar-refractivity contribution in [2.24, 2.45) is 16.5 Å². The molecule has 0 aromatic carbocycles. The van der Waals surface area contributed by atoms with Crippen molar-refractivity contribution in [2.45, 2.75) is 6.92 Å². The second-order valence-corrected chi connectivity index (χ2v) is 1.90. The fourth-order valence-corrected chi connectivity index (χ4v) is 0.445. The summed E-state index contributed by atoms with van der Waals surface area (Å²) >= 11 is 0. The predicted molar refractivity (Wildman–Crippen MR) is 47.8 cm³/mol. The summed E-state index contributed by atoms with van der Waals surface area (Å²) in [4.78, 5) is 3.88. The van der Waals surface area contributed by atoms with Crippen LogP contribution in [0.2, 0.25) is 0 Å². The van der Waals surface area contributed by atoms with Crippen LogP contribution in [0.1, 0.15) is 6.92 Å². The summed E-state index contributed by atoms with van der Waals surface area (Å²) in [5, 5.41) is 2.91. The third-order valence-electron chi connectivity index (χ3n) is 0.943. The Kier molecular flexibility index (Phi) is 4.64. The molecule has 0 aliphatic heterocycles. The minimum absolute atomic E-state index is 0.420. The van der Waals surface area contributed by atoms with E-state index in [9.17, 15) is 0 Å². The number of hydrogen-bond acceptors (Lipinski definition) is 4. The highest BCUT2D eigenvalue weighted by Crippen LogP contribution is 1.84. The average Bonchev–Trinajstić information content (AvgIpc) is 2.01. The van der Waals surface area contributed by atoms with Gasteiger partial charge in [-0.2, -0.15) is 0 Å². The summed E-state index contributed by atoms with van der Waals surface area (Å²) in [6.07, 6.45) is 2.73. The average molecular weight is 154 g/mol. The van der Waals surface area contributed by atoms with Gasteiger partial charge in [0.15, 0.2) is 0 Å². The number of hydrogen-bond donors (Lipinski definition) is 3. The first-order chi connectivity index (χ1) is 5.20. The summed E-state index contributed by atoms with van der Waals surface area (Å²) in [5.41, 5.74) is 10.9. The van der Waals surface area contributed by atoms with Crippen molar-refractivity contribution in [3.05, 3.63) is 24.3 Å². The van der Waals surface area contributed by atoms with Gasteiger partial charge in [0.25, 0.3) is 0 Å². The third kappa shape index (κ3) is 5.02. The summed E-state index contributed by atoms with van der Waals surface area (Å²) in [6.45, 7) is 6.37. The lowest BCUT2D eigenvalue weighted by molar-refractivity contribution is 0.847. The normalized spacial score (nSPS) is 11.9. The van der Waals surface area contributed by atoms with Crippen LogP contribution in [0.3, 0.4) is 0 Å². The lowest BCUT2D eigenvalue weighted by Gasteiger charge is -1.98. The number of aliphatic imine (C=N–C) groups is 1. The van der Waals surface area contributed by atoms with Gasteiger partial charge in [-0.15, -0.1) is 0 Å². The van der Waals surface area contributed by atoms with E-state index in [1.807, 2.05) is 6.92 Å². The quantitative estimate of drug-likeness (QED) is 0.495. The molecule has 0 heterocycles. The Morgan fingerprint density at radius 1 is 1.73 bits per heavy atom. The predicted octanol–water partition coefficient (Wildman–Crippen LogP) is -0.103. The van der Waals surface area contributed by atoms with Gasteiger partial charge in [0.1, 0.15) is 5.82 Å². The molecule has 0 rings (SSSR count). The number of nitrogens with two attached hydrogens (primary N) is 2. The smallest absolute Gasteiger partial charge is 0.118 e. The fourth-order valence-electron chi connectivity index (χ4n) is 0.445. The molecule has 0 aromatic rings. The van der Waals surface area contributed by atoms with Crippen LogP contribution in [0.15, 0.2) is 29.3 Å². The van der Waals surface area contributed by atoms with Crippen molar-refractivity contribution in [3.8, 4) is 0 Å². The van der Waals surface area contributed by atoms with Crippen LogP contribution in [0.5, 0.6) is 0 Å². The SMILES string of the molecule is C=C(/N=C\C(N)=C/N)NCC. The van der Waals surface area contributed by atoms with E-state index in [4.69, 9.17) is 11.5 Å². The Bertz CT molecular complexity index is 181. The summed E-state index contributed by atoms with van der Waals surface area (Å²) in [6, 6.07) is 0. The summed E-state index contributed by atoms with van der Waals surface area (Å²) in [5.74, 6) is 0.581. The van der Waals surface area contributed by atoms with Gasteiger partial charge in [-0.25, -0.2) is 4.99 Å². The largest absolute Gasteiger partial charge is 0.403 e. The highest BCUT2D eigenvalue weighted by molar-refractivity contribution is 5.77. The molecular formula is C7H14N4. The Balaban J connectivity index is 3.83. The van der Waals surface area contributed by atoms with E-state index in [1.165, 1.54) is 12.4 Å². The molecule has 11 heavy (non-hydrogen) atoms. The molecule has 4 nitrogen and oxygen atoms in total. The summed E-state index contributed by atoms with van der Waals surface area (Å²) < 4.78 is 0. The molecule has 0 amide bonds. The maximum absolute atomic E-state index is 5.34. The van der Waals surface area contributed by atoms with Gasteiger partial charge in [-0.3, -0.25) is 0 Å². The molecule has 0 radical (unpaired) electrons. The third-order valence-corrected chi connectivity index (χ3v) is 0.943. The van der Waals surface area contributed by atoms with E-state index in [0.29, 0.717) is 11.5 Å². The first-order valence-electron chi connectivity index (χ1n) is 3.35. The van der Waals surface area contributed by atoms with E-state index >= 15 is 0 Å². The Labute approximate surface area is 66.7 Å². The van der Waals surface area contributed by atoms with Crippen molar-refractivity contribution in [2.75, 3.05) is 6.54 Å². The Hall–Kier alpha value is -1.45. The maximum atomic E-state index is 5.34. The van der Waals surface area contributed by atoms with Gasteiger partial charge < -0.3 is 16.8 Å². The minimum atomic E-state index is 0.420. The molecule has 0 fully saturated rings. The van der Waals surface area contributed by atoms with Crippen molar-refractivity contribution >= 4 is 6.21 Å². The monoisotopic (exact) mass is 154 g/mol. The summed E-state index contributed by atoms with van der Waals surface area (Å²) in [7, 11) is 0. The lowest BCUT2D eigenvalue weighted by Crippen LogP contribution is -2.10. The van der Waals surface area contributed by atoms with Crippen LogP contribution >= 0.6 is 0 Å². The molecule has 0 aromatic heterocycles. The molecule has 0 atom stereocenters. The van der Waals surface area contributed by atoms with Crippen LogP contribution in [0.4, 0.5) is 0 Å². The fraction of sp³-hybridized carbons (Fsp3) is 0.286. The Morgan fingerprint density at radius 3 is 2.82 bits per heavy atom. The van der Waals surface area contributed by atoms with Crippen LogP contribution in [0, 0.1) is 0 Å². The number of rotatable bonds is 4. The highest BCUT2D eigenvalue weighted by atomic mass is 15.0. The molecule has 4 heteroatoms. The number of nitrogens with one attached hydrogen (secondary N) is 1. The van der Waals surface area contributed by atoms with Crippen LogP contribution < -0.4 is 16.8 Å². The molecule has 62 valence electrons. The number of allylic oxidation sites excluding steroid dienone is 1. The molecule has 0 unspecified atom stereocenters. The topological polar surface area (TPSA) is 76.4 Å². The second-order valence-electron chi connectivity index (χ2n) is 1.90.